The van der Waals surface area contributed by atoms with E-state index in [1.165, 1.54) is 24.8 Å². The molecule has 2 N–H and O–H groups in total. The van der Waals surface area contributed by atoms with Gasteiger partial charge >= 0.3 is 0 Å². The molecular formula is C41H56ClNO3. The number of fused-ring (bicyclic) bond motifs is 7. The number of nitrogens with one attached hydrogen (secondary N) is 1. The van der Waals surface area contributed by atoms with Gasteiger partial charge < -0.3 is 10.4 Å². The summed E-state index contributed by atoms with van der Waals surface area (Å²) in [6.07, 6.45) is 13.8. The summed E-state index contributed by atoms with van der Waals surface area (Å²) in [6.45, 7) is 16.3. The van der Waals surface area contributed by atoms with Crippen molar-refractivity contribution in [1.29, 1.82) is 0 Å². The van der Waals surface area contributed by atoms with Gasteiger partial charge in [-0.3, -0.25) is 9.59 Å². The van der Waals surface area contributed by atoms with Crippen molar-refractivity contribution in [2.24, 2.45) is 57.2 Å². The highest BCUT2D eigenvalue weighted by Gasteiger charge is 2.64. The zero-order chi connectivity index (χ0) is 33.0. The van der Waals surface area contributed by atoms with Gasteiger partial charge in [0.1, 0.15) is 0 Å². The summed E-state index contributed by atoms with van der Waals surface area (Å²) in [4.78, 5) is 27.6. The van der Waals surface area contributed by atoms with Crippen molar-refractivity contribution in [3.63, 3.8) is 0 Å². The van der Waals surface area contributed by atoms with Crippen LogP contribution in [-0.4, -0.2) is 22.9 Å². The van der Waals surface area contributed by atoms with E-state index in [-0.39, 0.29) is 39.2 Å². The maximum atomic E-state index is 14.0. The van der Waals surface area contributed by atoms with E-state index in [1.807, 2.05) is 24.3 Å². The molecule has 1 amide bonds. The molecule has 4 nitrogen and oxygen atoms in total. The second kappa shape index (κ2) is 10.8. The third-order valence-electron chi connectivity index (χ3n) is 14.6. The zero-order valence-corrected chi connectivity index (χ0v) is 30.0. The van der Waals surface area contributed by atoms with E-state index in [1.54, 1.807) is 6.08 Å². The highest BCUT2D eigenvalue weighted by molar-refractivity contribution is 6.30. The van der Waals surface area contributed by atoms with E-state index >= 15 is 0 Å². The molecule has 5 heteroatoms. The number of carbonyl (C=O) groups is 2. The molecule has 0 aromatic heterocycles. The lowest BCUT2D eigenvalue weighted by Crippen LogP contribution is -2.60. The average Bonchev–Trinajstić information content (AvgIpc) is 3.67. The maximum Gasteiger partial charge on any atom is 0.244 e. The summed E-state index contributed by atoms with van der Waals surface area (Å²) in [7, 11) is 0. The molecule has 5 fully saturated rings. The lowest BCUT2D eigenvalue weighted by atomic mass is 9.39. The number of Topliss-reactive ketones (excluding diaryl/α,β-unsaturated/α-hetero) is 1. The number of aliphatic hydroxyl groups is 1. The van der Waals surface area contributed by atoms with Crippen LogP contribution < -0.4 is 5.32 Å². The van der Waals surface area contributed by atoms with Crippen LogP contribution in [0.3, 0.4) is 0 Å². The van der Waals surface area contributed by atoms with E-state index in [2.05, 4.69) is 59.9 Å². The molecule has 0 aliphatic heterocycles. The number of hydrogen-bond donors (Lipinski definition) is 2. The summed E-state index contributed by atoms with van der Waals surface area (Å²) in [5.74, 6) is 3.62. The van der Waals surface area contributed by atoms with E-state index in [4.69, 9.17) is 11.6 Å². The van der Waals surface area contributed by atoms with Crippen molar-refractivity contribution in [2.45, 2.75) is 124 Å². The number of aliphatic hydroxyl groups excluding tert-OH is 1. The number of amides is 1. The third kappa shape index (κ3) is 4.93. The Bertz CT molecular complexity index is 1480. The summed E-state index contributed by atoms with van der Waals surface area (Å²) in [6, 6.07) is 7.83. The van der Waals surface area contributed by atoms with Crippen LogP contribution >= 0.6 is 11.6 Å². The van der Waals surface area contributed by atoms with Crippen LogP contribution in [0, 0.1) is 57.2 Å². The first-order valence-electron chi connectivity index (χ1n) is 18.3. The molecule has 6 aliphatic carbocycles. The number of hydrogen-bond acceptors (Lipinski definition) is 3. The fourth-order valence-electron chi connectivity index (χ4n) is 12.2. The predicted octanol–water partition coefficient (Wildman–Crippen LogP) is 9.20. The normalized spacial score (nSPS) is 41.0. The summed E-state index contributed by atoms with van der Waals surface area (Å²) in [5.41, 5.74) is 2.85. The monoisotopic (exact) mass is 645 g/mol. The van der Waals surface area contributed by atoms with Crippen LogP contribution in [0.15, 0.2) is 47.6 Å². The highest BCUT2D eigenvalue weighted by Crippen LogP contribution is 2.70. The number of benzene rings is 1. The standard InChI is InChI=1S/C41H56ClNO3/c1-24-22-32(45)38(5,6)29-14-17-39(7)28-15-18-40(19-16-33(46)43-41(20-21-41)25-8-10-26(42)11-9-25)23-31(44)36(37(2,3)4)35(40)27(28)12-13-30(39)34(24)29/h8-11,16,19,24,27-30,32,34,45H,12-15,17-18,20-23H2,1-7H3,(H,43,46)/b19-16+/t24?,27-,28+,29+,30+,32-,34-,39-,40+/m0/s1. The first kappa shape index (κ1) is 32.6. The Morgan fingerprint density at radius 3 is 2.28 bits per heavy atom. The van der Waals surface area contributed by atoms with Crippen molar-refractivity contribution < 1.29 is 14.7 Å². The Balaban J connectivity index is 1.20. The Morgan fingerprint density at radius 1 is 0.957 bits per heavy atom. The van der Waals surface area contributed by atoms with Crippen molar-refractivity contribution in [3.8, 4) is 0 Å². The topological polar surface area (TPSA) is 66.4 Å². The third-order valence-corrected chi connectivity index (χ3v) is 14.9. The van der Waals surface area contributed by atoms with Gasteiger partial charge in [0, 0.05) is 22.4 Å². The average molecular weight is 646 g/mol. The van der Waals surface area contributed by atoms with Crippen molar-refractivity contribution in [2.75, 3.05) is 0 Å². The second-order valence-corrected chi connectivity index (χ2v) is 18.9. The van der Waals surface area contributed by atoms with E-state index < -0.39 is 0 Å². The van der Waals surface area contributed by atoms with Gasteiger partial charge in [-0.25, -0.2) is 0 Å². The SMILES string of the molecule is CC1C[C@H](O)C(C)(C)[C@@H]2CC[C@]3(C)[C@H](CC[C@@H]4C5=C(C(C)(C)C)C(=O)C[C@]5(/C=C/C(=O)NC5(c6ccc(Cl)cc6)CC5)CC[C@H]43)[C@@H]12. The van der Waals surface area contributed by atoms with Gasteiger partial charge in [0.2, 0.25) is 5.91 Å². The Hall–Kier alpha value is -1.91. The van der Waals surface area contributed by atoms with Crippen LogP contribution in [-0.2, 0) is 15.1 Å². The van der Waals surface area contributed by atoms with Crippen molar-refractivity contribution >= 4 is 23.3 Å². The number of ketones is 1. The van der Waals surface area contributed by atoms with Gasteiger partial charge in [-0.1, -0.05) is 78.3 Å². The molecular weight excluding hydrogens is 590 g/mol. The van der Waals surface area contributed by atoms with Gasteiger partial charge in [-0.05, 0) is 139 Å². The molecule has 6 aliphatic rings. The van der Waals surface area contributed by atoms with Gasteiger partial charge in [0.15, 0.2) is 5.78 Å². The van der Waals surface area contributed by atoms with Crippen LogP contribution in [0.2, 0.25) is 5.02 Å². The molecule has 1 aromatic rings. The van der Waals surface area contributed by atoms with Crippen molar-refractivity contribution in [3.05, 3.63) is 58.1 Å². The molecule has 1 unspecified atom stereocenters. The maximum absolute atomic E-state index is 14.0. The minimum Gasteiger partial charge on any atom is -0.393 e. The van der Waals surface area contributed by atoms with Gasteiger partial charge in [0.25, 0.3) is 0 Å². The minimum absolute atomic E-state index is 0.0329. The van der Waals surface area contributed by atoms with E-state index in [9.17, 15) is 14.7 Å². The predicted molar refractivity (Wildman–Crippen MR) is 185 cm³/mol. The van der Waals surface area contributed by atoms with Crippen molar-refractivity contribution in [1.82, 2.24) is 5.32 Å². The first-order valence-corrected chi connectivity index (χ1v) is 18.6. The first-order chi connectivity index (χ1) is 21.5. The second-order valence-electron chi connectivity index (χ2n) is 18.4. The van der Waals surface area contributed by atoms with Crippen LogP contribution in [0.25, 0.3) is 0 Å². The lowest BCUT2D eigenvalue weighted by Gasteiger charge is -2.66. The molecule has 0 spiro atoms. The number of rotatable bonds is 4. The molecule has 0 bridgehead atoms. The molecule has 250 valence electrons. The fourth-order valence-corrected chi connectivity index (χ4v) is 12.3. The summed E-state index contributed by atoms with van der Waals surface area (Å²) in [5, 5.41) is 15.1. The molecule has 0 saturated heterocycles. The quantitative estimate of drug-likeness (QED) is 0.321. The molecule has 1 aromatic carbocycles. The van der Waals surface area contributed by atoms with Gasteiger partial charge in [0.05, 0.1) is 11.6 Å². The Labute approximate surface area is 282 Å². The summed E-state index contributed by atoms with van der Waals surface area (Å²) < 4.78 is 0. The zero-order valence-electron chi connectivity index (χ0n) is 29.2. The lowest BCUT2D eigenvalue weighted by molar-refractivity contribution is -0.175. The number of allylic oxidation sites excluding steroid dienone is 3. The van der Waals surface area contributed by atoms with Crippen LogP contribution in [0.1, 0.15) is 118 Å². The molecule has 9 atom stereocenters. The molecule has 46 heavy (non-hydrogen) atoms. The Kier molecular flexibility index (Phi) is 7.66. The largest absolute Gasteiger partial charge is 0.393 e. The van der Waals surface area contributed by atoms with E-state index in [0.29, 0.717) is 52.7 Å². The van der Waals surface area contributed by atoms with Gasteiger partial charge in [-0.2, -0.15) is 0 Å². The van der Waals surface area contributed by atoms with Crippen LogP contribution in [0.4, 0.5) is 0 Å². The Morgan fingerprint density at radius 2 is 1.63 bits per heavy atom. The molecule has 0 heterocycles. The minimum atomic E-state index is -0.361. The summed E-state index contributed by atoms with van der Waals surface area (Å²) >= 11 is 6.14. The molecule has 5 saturated carbocycles. The highest BCUT2D eigenvalue weighted by atomic mass is 35.5. The molecule has 0 radical (unpaired) electrons. The van der Waals surface area contributed by atoms with E-state index in [0.717, 1.165) is 49.7 Å². The molecule has 7 rings (SSSR count). The van der Waals surface area contributed by atoms with Crippen LogP contribution in [0.5, 0.6) is 0 Å². The number of carbonyl (C=O) groups excluding carboxylic acids is 2. The number of halogens is 1. The van der Waals surface area contributed by atoms with Gasteiger partial charge in [-0.15, -0.1) is 0 Å². The fraction of sp³-hybridized carbons (Fsp3) is 0.707. The smallest absolute Gasteiger partial charge is 0.244 e.